The van der Waals surface area contributed by atoms with E-state index in [-0.39, 0.29) is 40.2 Å². The SMILES string of the molecule is CC1=NC(C)C[N-]C(C)(C)CC(C)=NC(C)C[N-]C(C)(C)C1.[64Cu+2]. The largest absolute Gasteiger partial charge is 2.00 e. The first kappa shape index (κ1) is 22.8. The van der Waals surface area contributed by atoms with E-state index in [1.165, 1.54) is 11.4 Å². The molecule has 2 unspecified atom stereocenters. The average molecular weight is 370 g/mol. The van der Waals surface area contributed by atoms with Gasteiger partial charge in [0.25, 0.3) is 0 Å². The molecule has 0 saturated heterocycles. The maximum absolute atomic E-state index is 4.86. The van der Waals surface area contributed by atoms with Crippen molar-refractivity contribution in [2.24, 2.45) is 9.98 Å². The number of aliphatic imine (C=N–C) groups is 2. The standard InChI is InChI=1S/C18H34N4.Cu/c1-13-9-17(5,6)19-12-16(4)22-14(2)10-18(7,8)20-11-15(3)21-13;/h15-16H,9-12H2,1-8H3;/q-2;+2/i;1+0. The van der Waals surface area contributed by atoms with Crippen molar-refractivity contribution in [3.63, 3.8) is 0 Å². The fraction of sp³-hybridized carbons (Fsp3) is 0.889. The van der Waals surface area contributed by atoms with Gasteiger partial charge in [0.1, 0.15) is 0 Å². The van der Waals surface area contributed by atoms with Crippen molar-refractivity contribution < 1.29 is 17.1 Å². The Labute approximate surface area is 153 Å². The van der Waals surface area contributed by atoms with Gasteiger partial charge in [-0.2, -0.15) is 0 Å². The summed E-state index contributed by atoms with van der Waals surface area (Å²) in [4.78, 5) is 9.59. The van der Waals surface area contributed by atoms with Crippen LogP contribution in [0.3, 0.4) is 0 Å². The Morgan fingerprint density at radius 3 is 1.39 bits per heavy atom. The number of hydrogen-bond donors (Lipinski definition) is 0. The molecule has 0 aromatic heterocycles. The summed E-state index contributed by atoms with van der Waals surface area (Å²) in [5, 5.41) is 9.72. The van der Waals surface area contributed by atoms with Crippen LogP contribution in [0.25, 0.3) is 10.6 Å². The summed E-state index contributed by atoms with van der Waals surface area (Å²) in [7, 11) is 0. The van der Waals surface area contributed by atoms with Crippen LogP contribution in [0.1, 0.15) is 68.2 Å². The fourth-order valence-corrected chi connectivity index (χ4v) is 3.05. The van der Waals surface area contributed by atoms with E-state index in [9.17, 15) is 0 Å². The minimum atomic E-state index is -0.0779. The molecular formula is C18H34CuN4. The third-order valence-corrected chi connectivity index (χ3v) is 3.83. The summed E-state index contributed by atoms with van der Waals surface area (Å²) in [5.74, 6) is 0. The van der Waals surface area contributed by atoms with Crippen molar-refractivity contribution in [3.05, 3.63) is 10.6 Å². The van der Waals surface area contributed by atoms with E-state index in [4.69, 9.17) is 20.6 Å². The molecule has 0 N–H and O–H groups in total. The molecule has 137 valence electrons. The van der Waals surface area contributed by atoms with Gasteiger partial charge in [0, 0.05) is 23.5 Å². The zero-order valence-electron chi connectivity index (χ0n) is 16.1. The Morgan fingerprint density at radius 2 is 1.09 bits per heavy atom. The molecule has 23 heavy (non-hydrogen) atoms. The van der Waals surface area contributed by atoms with Gasteiger partial charge in [-0.3, -0.25) is 9.98 Å². The minimum absolute atomic E-state index is 0. The molecule has 1 aliphatic heterocycles. The van der Waals surface area contributed by atoms with E-state index in [1.54, 1.807) is 0 Å². The Balaban J connectivity index is 0.00000484. The molecule has 1 rings (SSSR count). The van der Waals surface area contributed by atoms with Crippen molar-refractivity contribution in [2.45, 2.75) is 91.4 Å². The molecule has 0 spiro atoms. The summed E-state index contributed by atoms with van der Waals surface area (Å²) in [6, 6.07) is 0.461. The maximum Gasteiger partial charge on any atom is 2.00 e. The van der Waals surface area contributed by atoms with Crippen molar-refractivity contribution in [1.29, 1.82) is 0 Å². The van der Waals surface area contributed by atoms with Crippen molar-refractivity contribution >= 4 is 11.4 Å². The van der Waals surface area contributed by atoms with Gasteiger partial charge in [-0.1, -0.05) is 27.7 Å². The molecule has 0 fully saturated rings. The molecule has 0 amide bonds. The van der Waals surface area contributed by atoms with Gasteiger partial charge in [0.2, 0.25) is 0 Å². The van der Waals surface area contributed by atoms with Gasteiger partial charge < -0.3 is 10.6 Å². The monoisotopic (exact) mass is 370 g/mol. The van der Waals surface area contributed by atoms with E-state index in [0.717, 1.165) is 25.9 Å². The minimum Gasteiger partial charge on any atom is -0.655 e. The molecule has 0 aliphatic carbocycles. The number of rotatable bonds is 0. The van der Waals surface area contributed by atoms with Crippen LogP contribution in [0, 0.1) is 0 Å². The first-order chi connectivity index (χ1) is 9.99. The molecule has 1 aliphatic rings. The third-order valence-electron chi connectivity index (χ3n) is 3.83. The normalized spacial score (nSPS) is 29.6. The molecule has 0 aromatic rings. The average Bonchev–Trinajstić information content (AvgIpc) is 2.31. The van der Waals surface area contributed by atoms with E-state index in [1.807, 2.05) is 0 Å². The molecule has 2 atom stereocenters. The molecule has 5 heteroatoms. The van der Waals surface area contributed by atoms with E-state index >= 15 is 0 Å². The van der Waals surface area contributed by atoms with Crippen molar-refractivity contribution in [1.82, 2.24) is 0 Å². The molecule has 0 aromatic carbocycles. The van der Waals surface area contributed by atoms with Gasteiger partial charge in [-0.05, 0) is 40.5 Å². The molecule has 0 bridgehead atoms. The van der Waals surface area contributed by atoms with Crippen LogP contribution in [-0.4, -0.2) is 47.7 Å². The van der Waals surface area contributed by atoms with Gasteiger partial charge >= 0.3 is 17.1 Å². The van der Waals surface area contributed by atoms with Crippen LogP contribution >= 0.6 is 0 Å². The van der Waals surface area contributed by atoms with Crippen LogP contribution in [0.5, 0.6) is 0 Å². The van der Waals surface area contributed by atoms with E-state index < -0.39 is 0 Å². The second-order valence-electron chi connectivity index (χ2n) is 8.09. The predicted molar refractivity (Wildman–Crippen MR) is 99.0 cm³/mol. The van der Waals surface area contributed by atoms with Crippen molar-refractivity contribution in [3.8, 4) is 0 Å². The quantitative estimate of drug-likeness (QED) is 0.551. The predicted octanol–water partition coefficient (Wildman–Crippen LogP) is 4.78. The second kappa shape index (κ2) is 9.31. The molecular weight excluding hydrogens is 336 g/mol. The second-order valence-corrected chi connectivity index (χ2v) is 8.09. The fourth-order valence-electron chi connectivity index (χ4n) is 3.05. The van der Waals surface area contributed by atoms with Crippen LogP contribution in [0.4, 0.5) is 0 Å². The Bertz CT molecular complexity index is 387. The van der Waals surface area contributed by atoms with E-state index in [0.29, 0.717) is 0 Å². The summed E-state index contributed by atoms with van der Waals surface area (Å²) in [6.07, 6.45) is 1.80. The maximum atomic E-state index is 4.86. The van der Waals surface area contributed by atoms with Crippen LogP contribution in [0.15, 0.2) is 9.98 Å². The number of nitrogens with zero attached hydrogens (tertiary/aromatic N) is 4. The molecule has 1 radical (unpaired) electrons. The van der Waals surface area contributed by atoms with Crippen LogP contribution in [-0.2, 0) is 17.1 Å². The van der Waals surface area contributed by atoms with Crippen molar-refractivity contribution in [2.75, 3.05) is 13.1 Å². The molecule has 4 nitrogen and oxygen atoms in total. The van der Waals surface area contributed by atoms with Crippen LogP contribution < -0.4 is 0 Å². The summed E-state index contributed by atoms with van der Waals surface area (Å²) in [6.45, 7) is 18.8. The zero-order valence-corrected chi connectivity index (χ0v) is 17.0. The van der Waals surface area contributed by atoms with Gasteiger partial charge in [-0.25, -0.2) is 0 Å². The summed E-state index contributed by atoms with van der Waals surface area (Å²) >= 11 is 0. The van der Waals surface area contributed by atoms with Gasteiger partial charge in [0.05, 0.1) is 0 Å². The Kier molecular flexibility index (Phi) is 9.22. The van der Waals surface area contributed by atoms with Gasteiger partial charge in [-0.15, -0.1) is 24.2 Å². The first-order valence-corrected chi connectivity index (χ1v) is 8.43. The smallest absolute Gasteiger partial charge is 0.655 e. The van der Waals surface area contributed by atoms with Crippen LogP contribution in [0.2, 0.25) is 0 Å². The zero-order chi connectivity index (χ0) is 17.0. The topological polar surface area (TPSA) is 52.9 Å². The first-order valence-electron chi connectivity index (χ1n) is 8.43. The molecule has 0 saturated carbocycles. The number of hydrogen-bond acceptors (Lipinski definition) is 2. The van der Waals surface area contributed by atoms with E-state index in [2.05, 4.69) is 55.4 Å². The third kappa shape index (κ3) is 9.61. The summed E-state index contributed by atoms with van der Waals surface area (Å²) < 4.78 is 0. The Morgan fingerprint density at radius 1 is 0.783 bits per heavy atom. The molecule has 1 heterocycles. The summed E-state index contributed by atoms with van der Waals surface area (Å²) in [5.41, 5.74) is 2.18. The van der Waals surface area contributed by atoms with Gasteiger partial charge in [0.15, 0.2) is 0 Å². The Hall–Kier alpha value is -0.221.